The lowest BCUT2D eigenvalue weighted by Gasteiger charge is -2.02. The van der Waals surface area contributed by atoms with Crippen LogP contribution < -0.4 is 5.32 Å². The number of thioether (sulfide) groups is 1. The largest absolute Gasteiger partial charge is 0.469 e. The first-order valence-corrected chi connectivity index (χ1v) is 8.77. The quantitative estimate of drug-likeness (QED) is 0.531. The summed E-state index contributed by atoms with van der Waals surface area (Å²) >= 11 is 3.45. The minimum Gasteiger partial charge on any atom is -0.469 e. The summed E-state index contributed by atoms with van der Waals surface area (Å²) in [6.45, 7) is 0.949. The Morgan fingerprint density at radius 3 is 2.95 bits per heavy atom. The number of anilines is 1. The average Bonchev–Trinajstić information content (AvgIpc) is 2.85. The first-order chi connectivity index (χ1) is 9.26. The molecule has 108 valence electrons. The van der Waals surface area contributed by atoms with E-state index in [1.807, 2.05) is 17.1 Å². The van der Waals surface area contributed by atoms with Gasteiger partial charge in [-0.25, -0.2) is 4.98 Å². The summed E-state index contributed by atoms with van der Waals surface area (Å²) in [7, 11) is 1.39. The molecule has 0 radical (unpaired) electrons. The molecule has 0 atom stereocenters. The van der Waals surface area contributed by atoms with Gasteiger partial charge in [-0.15, -0.1) is 11.3 Å². The van der Waals surface area contributed by atoms with Gasteiger partial charge in [-0.3, -0.25) is 4.79 Å². The molecule has 0 saturated heterocycles. The molecule has 0 unspecified atom stereocenters. The number of esters is 1. The van der Waals surface area contributed by atoms with Crippen molar-refractivity contribution < 1.29 is 9.53 Å². The zero-order valence-corrected chi connectivity index (χ0v) is 13.2. The molecule has 0 bridgehead atoms. The Morgan fingerprint density at radius 1 is 1.42 bits per heavy atom. The van der Waals surface area contributed by atoms with Gasteiger partial charge in [0.2, 0.25) is 0 Å². The summed E-state index contributed by atoms with van der Waals surface area (Å²) in [6, 6.07) is 0. The molecule has 0 aliphatic carbocycles. The molecule has 0 amide bonds. The predicted molar refractivity (Wildman–Crippen MR) is 83.2 cm³/mol. The van der Waals surface area contributed by atoms with Gasteiger partial charge in [0.25, 0.3) is 0 Å². The van der Waals surface area contributed by atoms with Crippen molar-refractivity contribution in [2.24, 2.45) is 0 Å². The zero-order chi connectivity index (χ0) is 13.9. The van der Waals surface area contributed by atoms with E-state index in [1.54, 1.807) is 11.3 Å². The summed E-state index contributed by atoms with van der Waals surface area (Å²) < 4.78 is 4.61. The molecule has 4 nitrogen and oxygen atoms in total. The third kappa shape index (κ3) is 7.42. The second kappa shape index (κ2) is 10.1. The summed E-state index contributed by atoms with van der Waals surface area (Å²) in [5, 5.41) is 6.09. The molecule has 0 aliphatic heterocycles. The molecule has 0 spiro atoms. The number of rotatable bonds is 10. The molecule has 1 heterocycles. The zero-order valence-electron chi connectivity index (χ0n) is 11.6. The van der Waals surface area contributed by atoms with Crippen LogP contribution in [0.15, 0.2) is 5.38 Å². The molecule has 1 aromatic heterocycles. The second-order valence-electron chi connectivity index (χ2n) is 4.23. The fourth-order valence-electron chi connectivity index (χ4n) is 1.61. The Labute approximate surface area is 123 Å². The minimum atomic E-state index is -0.245. The van der Waals surface area contributed by atoms with E-state index in [1.165, 1.54) is 38.5 Å². The van der Waals surface area contributed by atoms with E-state index in [4.69, 9.17) is 0 Å². The lowest BCUT2D eigenvalue weighted by molar-refractivity contribution is -0.139. The topological polar surface area (TPSA) is 51.2 Å². The number of ether oxygens (including phenoxy) is 1. The molecule has 1 N–H and O–H groups in total. The molecule has 0 fully saturated rings. The van der Waals surface area contributed by atoms with Gasteiger partial charge < -0.3 is 10.1 Å². The van der Waals surface area contributed by atoms with Gasteiger partial charge in [-0.2, -0.15) is 11.8 Å². The van der Waals surface area contributed by atoms with E-state index >= 15 is 0 Å². The summed E-state index contributed by atoms with van der Waals surface area (Å²) in [4.78, 5) is 15.4. The Bertz CT molecular complexity index is 369. The van der Waals surface area contributed by atoms with Gasteiger partial charge in [0.1, 0.15) is 0 Å². The predicted octanol–water partition coefficient (Wildman–Crippen LogP) is 3.19. The maximum absolute atomic E-state index is 11.1. The van der Waals surface area contributed by atoms with Gasteiger partial charge in [0.15, 0.2) is 5.13 Å². The molecule has 1 rings (SSSR count). The normalized spacial score (nSPS) is 10.4. The number of hydrogen-bond donors (Lipinski definition) is 1. The molecule has 1 aromatic rings. The highest BCUT2D eigenvalue weighted by molar-refractivity contribution is 7.98. The smallest absolute Gasteiger partial charge is 0.311 e. The van der Waals surface area contributed by atoms with Crippen LogP contribution in [0.3, 0.4) is 0 Å². The third-order valence-corrected chi connectivity index (χ3v) is 4.20. The van der Waals surface area contributed by atoms with Crippen LogP contribution >= 0.6 is 23.1 Å². The van der Waals surface area contributed by atoms with E-state index in [0.717, 1.165) is 17.4 Å². The van der Waals surface area contributed by atoms with Crippen LogP contribution in [0.2, 0.25) is 0 Å². The maximum atomic E-state index is 11.1. The molecular weight excluding hydrogens is 280 g/mol. The van der Waals surface area contributed by atoms with Crippen LogP contribution in [0.4, 0.5) is 5.13 Å². The summed E-state index contributed by atoms with van der Waals surface area (Å²) in [5.74, 6) is 1.02. The molecule has 0 aliphatic rings. The van der Waals surface area contributed by atoms with Crippen LogP contribution in [-0.4, -0.2) is 36.6 Å². The number of methoxy groups -OCH3 is 1. The monoisotopic (exact) mass is 302 g/mol. The fraction of sp³-hybridized carbons (Fsp3) is 0.692. The summed E-state index contributed by atoms with van der Waals surface area (Å²) in [6.07, 6.45) is 7.43. The van der Waals surface area contributed by atoms with Crippen LogP contribution in [0, 0.1) is 0 Å². The summed E-state index contributed by atoms with van der Waals surface area (Å²) in [5.41, 5.74) is 0.777. The SMILES string of the molecule is COC(=O)Cc1csc(NCCCCCCSC)n1. The van der Waals surface area contributed by atoms with Crippen LogP contribution in [0.1, 0.15) is 31.4 Å². The number of hydrogen-bond acceptors (Lipinski definition) is 6. The standard InChI is InChI=1S/C13H22N2O2S2/c1-17-12(16)9-11-10-19-13(15-11)14-7-5-3-4-6-8-18-2/h10H,3-9H2,1-2H3,(H,14,15). The lowest BCUT2D eigenvalue weighted by atomic mass is 10.2. The molecule has 0 aromatic carbocycles. The van der Waals surface area contributed by atoms with Crippen molar-refractivity contribution in [3.63, 3.8) is 0 Å². The van der Waals surface area contributed by atoms with E-state index in [2.05, 4.69) is 21.3 Å². The van der Waals surface area contributed by atoms with Gasteiger partial charge >= 0.3 is 5.97 Å². The number of carbonyl (C=O) groups is 1. The van der Waals surface area contributed by atoms with Crippen LogP contribution in [0.25, 0.3) is 0 Å². The van der Waals surface area contributed by atoms with Crippen molar-refractivity contribution in [1.82, 2.24) is 4.98 Å². The van der Waals surface area contributed by atoms with Crippen molar-refractivity contribution in [2.75, 3.05) is 31.0 Å². The fourth-order valence-corrected chi connectivity index (χ4v) is 2.84. The van der Waals surface area contributed by atoms with Crippen molar-refractivity contribution in [2.45, 2.75) is 32.1 Å². The number of nitrogens with zero attached hydrogens (tertiary/aromatic N) is 1. The Morgan fingerprint density at radius 2 is 2.21 bits per heavy atom. The maximum Gasteiger partial charge on any atom is 0.311 e. The Kier molecular flexibility index (Phi) is 8.66. The number of thiazole rings is 1. The molecule has 0 saturated carbocycles. The van der Waals surface area contributed by atoms with Crippen molar-refractivity contribution in [1.29, 1.82) is 0 Å². The molecule has 19 heavy (non-hydrogen) atoms. The van der Waals surface area contributed by atoms with Gasteiger partial charge in [-0.05, 0) is 24.9 Å². The average molecular weight is 302 g/mol. The van der Waals surface area contributed by atoms with E-state index in [-0.39, 0.29) is 12.4 Å². The van der Waals surface area contributed by atoms with Crippen molar-refractivity contribution >= 4 is 34.2 Å². The van der Waals surface area contributed by atoms with E-state index < -0.39 is 0 Å². The van der Waals surface area contributed by atoms with Crippen molar-refractivity contribution in [3.05, 3.63) is 11.1 Å². The molecule has 6 heteroatoms. The Balaban J connectivity index is 2.11. The number of aromatic nitrogens is 1. The highest BCUT2D eigenvalue weighted by atomic mass is 32.2. The van der Waals surface area contributed by atoms with Crippen molar-refractivity contribution in [3.8, 4) is 0 Å². The van der Waals surface area contributed by atoms with E-state index in [0.29, 0.717) is 0 Å². The number of nitrogens with one attached hydrogen (secondary N) is 1. The number of carbonyl (C=O) groups excluding carboxylic acids is 1. The highest BCUT2D eigenvalue weighted by Crippen LogP contribution is 2.16. The van der Waals surface area contributed by atoms with Gasteiger partial charge in [-0.1, -0.05) is 12.8 Å². The first-order valence-electron chi connectivity index (χ1n) is 6.50. The number of unbranched alkanes of at least 4 members (excludes halogenated alkanes) is 3. The highest BCUT2D eigenvalue weighted by Gasteiger charge is 2.06. The minimum absolute atomic E-state index is 0.245. The van der Waals surface area contributed by atoms with E-state index in [9.17, 15) is 4.79 Å². The van der Waals surface area contributed by atoms with Crippen LogP contribution in [-0.2, 0) is 16.0 Å². The van der Waals surface area contributed by atoms with Crippen LogP contribution in [0.5, 0.6) is 0 Å². The lowest BCUT2D eigenvalue weighted by Crippen LogP contribution is -2.05. The second-order valence-corrected chi connectivity index (χ2v) is 6.07. The van der Waals surface area contributed by atoms with Gasteiger partial charge in [0.05, 0.1) is 19.2 Å². The third-order valence-electron chi connectivity index (χ3n) is 2.66. The molecular formula is C13H22N2O2S2. The first kappa shape index (κ1) is 16.3. The van der Waals surface area contributed by atoms with Gasteiger partial charge in [0, 0.05) is 11.9 Å². The Hall–Kier alpha value is -0.750.